The Morgan fingerprint density at radius 1 is 0.833 bits per heavy atom. The lowest BCUT2D eigenvalue weighted by Crippen LogP contribution is -2.34. The number of anilines is 1. The average molecular weight is 410 g/mol. The molecule has 2 rings (SSSR count). The van der Waals surface area contributed by atoms with Gasteiger partial charge in [0.15, 0.2) is 5.78 Å². The van der Waals surface area contributed by atoms with Crippen LogP contribution in [0, 0.1) is 0 Å². The molecule has 2 N–H and O–H groups in total. The third-order valence-electron chi connectivity index (χ3n) is 4.94. The van der Waals surface area contributed by atoms with Gasteiger partial charge in [0.05, 0.1) is 0 Å². The molecular formula is C24H31N3O3. The highest BCUT2D eigenvalue weighted by Gasteiger charge is 2.09. The van der Waals surface area contributed by atoms with Crippen LogP contribution in [0.5, 0.6) is 0 Å². The van der Waals surface area contributed by atoms with E-state index in [9.17, 15) is 14.4 Å². The standard InChI is InChI=1S/C24H31N3O3/c1-3-27(4-2)18-17-25-24(30)20-13-15-21(16-14-20)26-23(29)12-8-11-22(28)19-9-6-5-7-10-19/h5-7,9-10,13-16H,3-4,8,11-12,17-18H2,1-2H3,(H,25,30)(H,26,29). The molecule has 0 aliphatic heterocycles. The molecule has 2 aromatic rings. The zero-order valence-corrected chi connectivity index (χ0v) is 17.8. The summed E-state index contributed by atoms with van der Waals surface area (Å²) in [6, 6.07) is 15.9. The summed E-state index contributed by atoms with van der Waals surface area (Å²) in [5.41, 5.74) is 1.86. The molecule has 0 aliphatic rings. The zero-order valence-electron chi connectivity index (χ0n) is 17.8. The minimum Gasteiger partial charge on any atom is -0.351 e. The van der Waals surface area contributed by atoms with Crippen molar-refractivity contribution >= 4 is 23.3 Å². The van der Waals surface area contributed by atoms with Crippen molar-refractivity contribution < 1.29 is 14.4 Å². The van der Waals surface area contributed by atoms with Crippen molar-refractivity contribution in [1.29, 1.82) is 0 Å². The first kappa shape index (κ1) is 23.3. The number of hydrogen-bond donors (Lipinski definition) is 2. The van der Waals surface area contributed by atoms with Gasteiger partial charge in [-0.3, -0.25) is 14.4 Å². The van der Waals surface area contributed by atoms with E-state index in [4.69, 9.17) is 0 Å². The van der Waals surface area contributed by atoms with E-state index in [0.717, 1.165) is 19.6 Å². The fourth-order valence-electron chi connectivity index (χ4n) is 3.08. The number of amides is 2. The van der Waals surface area contributed by atoms with Crippen LogP contribution in [0.3, 0.4) is 0 Å². The minimum absolute atomic E-state index is 0.0414. The number of nitrogens with one attached hydrogen (secondary N) is 2. The van der Waals surface area contributed by atoms with E-state index in [1.807, 2.05) is 18.2 Å². The number of nitrogens with zero attached hydrogens (tertiary/aromatic N) is 1. The molecule has 0 aromatic heterocycles. The fourth-order valence-corrected chi connectivity index (χ4v) is 3.08. The van der Waals surface area contributed by atoms with E-state index in [-0.39, 0.29) is 24.0 Å². The van der Waals surface area contributed by atoms with Crippen molar-refractivity contribution in [1.82, 2.24) is 10.2 Å². The highest BCUT2D eigenvalue weighted by atomic mass is 16.2. The molecule has 30 heavy (non-hydrogen) atoms. The summed E-state index contributed by atoms with van der Waals surface area (Å²) >= 11 is 0. The predicted octanol–water partition coefficient (Wildman–Crippen LogP) is 3.75. The van der Waals surface area contributed by atoms with Gasteiger partial charge in [-0.1, -0.05) is 44.2 Å². The number of rotatable bonds is 12. The summed E-state index contributed by atoms with van der Waals surface area (Å²) in [6.45, 7) is 7.53. The Hall–Kier alpha value is -2.99. The summed E-state index contributed by atoms with van der Waals surface area (Å²) < 4.78 is 0. The van der Waals surface area contributed by atoms with Crippen LogP contribution in [-0.2, 0) is 4.79 Å². The van der Waals surface area contributed by atoms with Gasteiger partial charge >= 0.3 is 0 Å². The quantitative estimate of drug-likeness (QED) is 0.523. The van der Waals surface area contributed by atoms with Crippen LogP contribution in [-0.4, -0.2) is 48.7 Å². The third kappa shape index (κ3) is 7.79. The van der Waals surface area contributed by atoms with Crippen LogP contribution in [0.2, 0.25) is 0 Å². The van der Waals surface area contributed by atoms with Crippen LogP contribution in [0.1, 0.15) is 53.8 Å². The van der Waals surface area contributed by atoms with E-state index in [2.05, 4.69) is 29.4 Å². The molecule has 0 saturated carbocycles. The van der Waals surface area contributed by atoms with E-state index < -0.39 is 0 Å². The molecule has 0 aliphatic carbocycles. The van der Waals surface area contributed by atoms with Crippen LogP contribution in [0.25, 0.3) is 0 Å². The normalized spacial score (nSPS) is 10.6. The van der Waals surface area contributed by atoms with Crippen LogP contribution >= 0.6 is 0 Å². The monoisotopic (exact) mass is 409 g/mol. The smallest absolute Gasteiger partial charge is 0.251 e. The number of benzene rings is 2. The Balaban J connectivity index is 1.72. The van der Waals surface area contributed by atoms with Gasteiger partial charge in [-0.05, 0) is 43.8 Å². The topological polar surface area (TPSA) is 78.5 Å². The van der Waals surface area contributed by atoms with Gasteiger partial charge in [0.25, 0.3) is 5.91 Å². The molecule has 0 saturated heterocycles. The van der Waals surface area contributed by atoms with Crippen LogP contribution in [0.15, 0.2) is 54.6 Å². The molecule has 0 heterocycles. The van der Waals surface area contributed by atoms with Gasteiger partial charge in [0.2, 0.25) is 5.91 Å². The van der Waals surface area contributed by atoms with Gasteiger partial charge in [-0.25, -0.2) is 0 Å². The second-order valence-electron chi connectivity index (χ2n) is 7.05. The maximum atomic E-state index is 12.2. The Bertz CT molecular complexity index is 815. The molecule has 2 amide bonds. The average Bonchev–Trinajstić information content (AvgIpc) is 2.77. The second-order valence-corrected chi connectivity index (χ2v) is 7.05. The molecule has 0 atom stereocenters. The van der Waals surface area contributed by atoms with Crippen LogP contribution < -0.4 is 10.6 Å². The molecule has 0 bridgehead atoms. The Morgan fingerprint density at radius 3 is 2.13 bits per heavy atom. The van der Waals surface area contributed by atoms with Gasteiger partial charge < -0.3 is 15.5 Å². The lowest BCUT2D eigenvalue weighted by Gasteiger charge is -2.18. The summed E-state index contributed by atoms with van der Waals surface area (Å²) in [5, 5.41) is 5.72. The highest BCUT2D eigenvalue weighted by Crippen LogP contribution is 2.12. The number of ketones is 1. The minimum atomic E-state index is -0.146. The van der Waals surface area contributed by atoms with E-state index >= 15 is 0 Å². The van der Waals surface area contributed by atoms with Crippen molar-refractivity contribution in [2.45, 2.75) is 33.1 Å². The first-order valence-corrected chi connectivity index (χ1v) is 10.5. The zero-order chi connectivity index (χ0) is 21.8. The number of carbonyl (C=O) groups is 3. The van der Waals surface area contributed by atoms with Crippen LogP contribution in [0.4, 0.5) is 5.69 Å². The lowest BCUT2D eigenvalue weighted by atomic mass is 10.1. The molecule has 6 heteroatoms. The van der Waals surface area contributed by atoms with Gasteiger partial charge in [-0.2, -0.15) is 0 Å². The van der Waals surface area contributed by atoms with Crippen molar-refractivity contribution in [3.05, 3.63) is 65.7 Å². The highest BCUT2D eigenvalue weighted by molar-refractivity contribution is 5.97. The summed E-state index contributed by atoms with van der Waals surface area (Å²) in [7, 11) is 0. The maximum Gasteiger partial charge on any atom is 0.251 e. The van der Waals surface area contributed by atoms with Crippen molar-refractivity contribution in [2.24, 2.45) is 0 Å². The third-order valence-corrected chi connectivity index (χ3v) is 4.94. The predicted molar refractivity (Wildman–Crippen MR) is 120 cm³/mol. The molecule has 160 valence electrons. The molecule has 6 nitrogen and oxygen atoms in total. The Morgan fingerprint density at radius 2 is 1.50 bits per heavy atom. The summed E-state index contributed by atoms with van der Waals surface area (Å²) in [6.07, 6.45) is 1.10. The van der Waals surface area contributed by atoms with Crippen molar-refractivity contribution in [3.63, 3.8) is 0 Å². The molecule has 0 unspecified atom stereocenters. The van der Waals surface area contributed by atoms with Gasteiger partial charge in [-0.15, -0.1) is 0 Å². The molecular weight excluding hydrogens is 378 g/mol. The SMILES string of the molecule is CCN(CC)CCNC(=O)c1ccc(NC(=O)CCCC(=O)c2ccccc2)cc1. The molecule has 0 fully saturated rings. The Labute approximate surface area is 178 Å². The van der Waals surface area contributed by atoms with Gasteiger partial charge in [0, 0.05) is 42.7 Å². The number of hydrogen-bond acceptors (Lipinski definition) is 4. The lowest BCUT2D eigenvalue weighted by molar-refractivity contribution is -0.116. The number of likely N-dealkylation sites (N-methyl/N-ethyl adjacent to an activating group) is 1. The van der Waals surface area contributed by atoms with Crippen molar-refractivity contribution in [3.8, 4) is 0 Å². The summed E-state index contributed by atoms with van der Waals surface area (Å²) in [5.74, 6) is -0.230. The maximum absolute atomic E-state index is 12.2. The largest absolute Gasteiger partial charge is 0.351 e. The molecule has 2 aromatic carbocycles. The first-order valence-electron chi connectivity index (χ1n) is 10.5. The van der Waals surface area contributed by atoms with Crippen molar-refractivity contribution in [2.75, 3.05) is 31.5 Å². The van der Waals surface area contributed by atoms with E-state index in [0.29, 0.717) is 36.2 Å². The number of carbonyl (C=O) groups excluding carboxylic acids is 3. The second kappa shape index (κ2) is 12.5. The van der Waals surface area contributed by atoms with E-state index in [1.54, 1.807) is 36.4 Å². The fraction of sp³-hybridized carbons (Fsp3) is 0.375. The van der Waals surface area contributed by atoms with E-state index in [1.165, 1.54) is 0 Å². The first-order chi connectivity index (χ1) is 14.5. The summed E-state index contributed by atoms with van der Waals surface area (Å²) in [4.78, 5) is 38.6. The Kier molecular flexibility index (Phi) is 9.74. The van der Waals surface area contributed by atoms with Gasteiger partial charge in [0.1, 0.15) is 0 Å². The molecule has 0 spiro atoms. The number of Topliss-reactive ketones (excluding diaryl/α,β-unsaturated/α-hetero) is 1. The molecule has 0 radical (unpaired) electrons.